The molecule has 8 aromatic rings. The van der Waals surface area contributed by atoms with Gasteiger partial charge >= 0.3 is 5.97 Å². The van der Waals surface area contributed by atoms with Crippen molar-refractivity contribution in [2.75, 3.05) is 14.1 Å². The molecular weight excluding hydrogens is 651 g/mol. The van der Waals surface area contributed by atoms with Crippen LogP contribution in [0.2, 0.25) is 0 Å². The first-order chi connectivity index (χ1) is 25.2. The Bertz CT molecular complexity index is 2600. The molecule has 1 amide bonds. The van der Waals surface area contributed by atoms with Crippen LogP contribution in [0, 0.1) is 13.8 Å². The molecule has 0 radical (unpaired) electrons. The first kappa shape index (κ1) is 33.6. The summed E-state index contributed by atoms with van der Waals surface area (Å²) >= 11 is 0. The number of pyridine rings is 4. The van der Waals surface area contributed by atoms with Crippen molar-refractivity contribution in [1.29, 1.82) is 0 Å². The number of amides is 1. The zero-order valence-corrected chi connectivity index (χ0v) is 29.1. The van der Waals surface area contributed by atoms with Gasteiger partial charge < -0.3 is 10.0 Å². The monoisotopic (exact) mass is 685 g/mol. The lowest BCUT2D eigenvalue weighted by atomic mass is 9.98. The van der Waals surface area contributed by atoms with Crippen LogP contribution in [0.3, 0.4) is 0 Å². The van der Waals surface area contributed by atoms with E-state index in [-0.39, 0.29) is 11.6 Å². The van der Waals surface area contributed by atoms with E-state index in [9.17, 15) is 14.7 Å². The lowest BCUT2D eigenvalue weighted by Crippen LogP contribution is -2.23. The Morgan fingerprint density at radius 3 is 1.44 bits per heavy atom. The number of carboxylic acids is 1. The number of aromatic carboxylic acids is 1. The van der Waals surface area contributed by atoms with Crippen molar-refractivity contribution < 1.29 is 14.7 Å². The molecule has 0 unspecified atom stereocenters. The summed E-state index contributed by atoms with van der Waals surface area (Å²) in [5, 5.41) is 9.33. The van der Waals surface area contributed by atoms with Gasteiger partial charge in [-0.3, -0.25) is 23.6 Å². The maximum absolute atomic E-state index is 12.4. The zero-order chi connectivity index (χ0) is 36.4. The average molecular weight is 686 g/mol. The van der Waals surface area contributed by atoms with Gasteiger partial charge in [0.25, 0.3) is 5.91 Å². The fourth-order valence-electron chi connectivity index (χ4n) is 6.13. The van der Waals surface area contributed by atoms with Gasteiger partial charge in [0.15, 0.2) is 5.69 Å². The van der Waals surface area contributed by atoms with E-state index in [4.69, 9.17) is 0 Å². The number of fused-ring (bicyclic) bond motifs is 2. The molecule has 0 atom stereocenters. The highest BCUT2D eigenvalue weighted by Gasteiger charge is 2.16. The Morgan fingerprint density at radius 1 is 0.558 bits per heavy atom. The minimum atomic E-state index is -1.00. The predicted octanol–water partition coefficient (Wildman–Crippen LogP) is 8.14. The Morgan fingerprint density at radius 2 is 1.00 bits per heavy atom. The van der Waals surface area contributed by atoms with Crippen LogP contribution in [-0.4, -0.2) is 64.7 Å². The molecule has 0 fully saturated rings. The number of imidazole rings is 2. The SMILES string of the molecule is Cc1cccc(-c2ccccc2-c2ccc3ncc(C(=O)N(C)C)n3c2)n1.Cc1cccc(-c2ccccc2-c2ccc3ncc(C(=O)O)n3c2)n1. The molecule has 0 bridgehead atoms. The highest BCUT2D eigenvalue weighted by atomic mass is 16.4. The molecule has 0 aliphatic carbocycles. The number of carboxylic acid groups (broad SMARTS) is 1. The number of carbonyl (C=O) groups excluding carboxylic acids is 1. The number of nitrogens with zero attached hydrogens (tertiary/aromatic N) is 7. The van der Waals surface area contributed by atoms with Gasteiger partial charge in [0, 0.05) is 49.0 Å². The normalized spacial score (nSPS) is 10.9. The maximum Gasteiger partial charge on any atom is 0.354 e. The number of hydrogen-bond donors (Lipinski definition) is 1. The molecule has 0 spiro atoms. The third-order valence-corrected chi connectivity index (χ3v) is 8.66. The van der Waals surface area contributed by atoms with E-state index in [1.807, 2.05) is 122 Å². The summed E-state index contributed by atoms with van der Waals surface area (Å²) in [6.45, 7) is 3.95. The molecule has 1 N–H and O–H groups in total. The second-order valence-corrected chi connectivity index (χ2v) is 12.5. The molecule has 0 aliphatic heterocycles. The Hall–Kier alpha value is -6.94. The molecule has 256 valence electrons. The van der Waals surface area contributed by atoms with Gasteiger partial charge in [0.2, 0.25) is 0 Å². The van der Waals surface area contributed by atoms with Crippen LogP contribution in [0.4, 0.5) is 0 Å². The van der Waals surface area contributed by atoms with Gasteiger partial charge in [-0.2, -0.15) is 0 Å². The summed E-state index contributed by atoms with van der Waals surface area (Å²) in [6, 6.07) is 35.8. The largest absolute Gasteiger partial charge is 0.477 e. The molecule has 10 heteroatoms. The maximum atomic E-state index is 12.4. The van der Waals surface area contributed by atoms with Gasteiger partial charge in [-0.1, -0.05) is 60.7 Å². The van der Waals surface area contributed by atoms with E-state index in [0.717, 1.165) is 61.8 Å². The number of aromatic nitrogens is 6. The van der Waals surface area contributed by atoms with Crippen LogP contribution in [0.15, 0.2) is 134 Å². The number of carbonyl (C=O) groups is 2. The molecule has 0 saturated carbocycles. The topological polar surface area (TPSA) is 118 Å². The van der Waals surface area contributed by atoms with E-state index in [2.05, 4.69) is 32.1 Å². The van der Waals surface area contributed by atoms with Crippen LogP contribution < -0.4 is 0 Å². The van der Waals surface area contributed by atoms with Crippen molar-refractivity contribution in [3.63, 3.8) is 0 Å². The molecule has 10 nitrogen and oxygen atoms in total. The van der Waals surface area contributed by atoms with Gasteiger partial charge in [-0.15, -0.1) is 0 Å². The molecule has 2 aromatic carbocycles. The van der Waals surface area contributed by atoms with Gasteiger partial charge in [-0.25, -0.2) is 14.8 Å². The van der Waals surface area contributed by atoms with Gasteiger partial charge in [-0.05, 0) is 84.6 Å². The van der Waals surface area contributed by atoms with E-state index < -0.39 is 5.97 Å². The van der Waals surface area contributed by atoms with E-state index in [0.29, 0.717) is 11.3 Å². The molecule has 6 heterocycles. The van der Waals surface area contributed by atoms with Gasteiger partial charge in [0.1, 0.15) is 17.0 Å². The first-order valence-corrected chi connectivity index (χ1v) is 16.6. The quantitative estimate of drug-likeness (QED) is 0.188. The average Bonchev–Trinajstić information content (AvgIpc) is 3.79. The third kappa shape index (κ3) is 6.65. The second-order valence-electron chi connectivity index (χ2n) is 12.5. The van der Waals surface area contributed by atoms with Crippen molar-refractivity contribution in [1.82, 2.24) is 33.6 Å². The van der Waals surface area contributed by atoms with Crippen LogP contribution in [0.1, 0.15) is 32.4 Å². The van der Waals surface area contributed by atoms with Crippen LogP contribution in [0.5, 0.6) is 0 Å². The summed E-state index contributed by atoms with van der Waals surface area (Å²) in [7, 11) is 3.48. The van der Waals surface area contributed by atoms with Crippen LogP contribution in [0.25, 0.3) is 56.1 Å². The number of rotatable bonds is 6. The second kappa shape index (κ2) is 14.1. The minimum absolute atomic E-state index is 0.0757. The molecule has 0 saturated heterocycles. The standard InChI is InChI=1S/C22H20N4O.C20H15N3O2/c1-15-7-6-10-19(24-15)18-9-5-4-8-17(18)16-11-12-21-23-13-20(26(21)14-16)22(27)25(2)3;1-13-5-4-8-17(22-13)16-7-3-2-6-15(16)14-9-10-19-21-11-18(20(24)25)23(19)12-14/h4-14H,1-3H3;2-12H,1H3,(H,24,25). The van der Waals surface area contributed by atoms with Gasteiger partial charge in [0.05, 0.1) is 23.8 Å². The molecule has 6 aromatic heterocycles. The Balaban J connectivity index is 0.000000162. The number of benzene rings is 2. The van der Waals surface area contributed by atoms with E-state index in [1.54, 1.807) is 35.8 Å². The molecular formula is C42H35N7O3. The lowest BCUT2D eigenvalue weighted by Gasteiger charge is -2.12. The Kier molecular flexibility index (Phi) is 9.11. The van der Waals surface area contributed by atoms with Crippen LogP contribution in [-0.2, 0) is 0 Å². The lowest BCUT2D eigenvalue weighted by molar-refractivity contribution is 0.0688. The fraction of sp³-hybridized carbons (Fsp3) is 0.0952. The van der Waals surface area contributed by atoms with Crippen molar-refractivity contribution in [2.24, 2.45) is 0 Å². The summed E-state index contributed by atoms with van der Waals surface area (Å²) in [4.78, 5) is 43.2. The minimum Gasteiger partial charge on any atom is -0.477 e. The van der Waals surface area contributed by atoms with Crippen molar-refractivity contribution in [3.05, 3.63) is 157 Å². The van der Waals surface area contributed by atoms with Crippen molar-refractivity contribution >= 4 is 23.2 Å². The van der Waals surface area contributed by atoms with Crippen molar-refractivity contribution in [3.8, 4) is 44.8 Å². The Labute approximate surface area is 300 Å². The third-order valence-electron chi connectivity index (χ3n) is 8.66. The highest BCUT2D eigenvalue weighted by molar-refractivity contribution is 5.93. The summed E-state index contributed by atoms with van der Waals surface area (Å²) in [5.74, 6) is -1.08. The first-order valence-electron chi connectivity index (χ1n) is 16.6. The zero-order valence-electron chi connectivity index (χ0n) is 29.1. The molecule has 8 rings (SSSR count). The highest BCUT2D eigenvalue weighted by Crippen LogP contribution is 2.33. The van der Waals surface area contributed by atoms with Crippen molar-refractivity contribution in [2.45, 2.75) is 13.8 Å². The van der Waals surface area contributed by atoms with E-state index >= 15 is 0 Å². The van der Waals surface area contributed by atoms with Crippen LogP contribution >= 0.6 is 0 Å². The number of aryl methyl sites for hydroxylation is 2. The van der Waals surface area contributed by atoms with E-state index in [1.165, 1.54) is 6.20 Å². The smallest absolute Gasteiger partial charge is 0.354 e. The fourth-order valence-corrected chi connectivity index (χ4v) is 6.13. The predicted molar refractivity (Wildman–Crippen MR) is 202 cm³/mol. The summed E-state index contributed by atoms with van der Waals surface area (Å²) < 4.78 is 3.44. The molecule has 52 heavy (non-hydrogen) atoms. The summed E-state index contributed by atoms with van der Waals surface area (Å²) in [6.07, 6.45) is 6.76. The summed E-state index contributed by atoms with van der Waals surface area (Å²) in [5.41, 5.74) is 11.8. The number of hydrogen-bond acceptors (Lipinski definition) is 6. The molecule has 0 aliphatic rings.